The molecule has 0 aromatic carbocycles. The van der Waals surface area contributed by atoms with Gasteiger partial charge in [0, 0.05) is 19.0 Å². The maximum Gasteiger partial charge on any atom is 0.0880 e. The monoisotopic (exact) mass is 181 g/mol. The Kier molecular flexibility index (Phi) is 2.00. The van der Waals surface area contributed by atoms with Crippen LogP contribution in [0.15, 0.2) is 12.2 Å². The van der Waals surface area contributed by atoms with Crippen LogP contribution in [-0.4, -0.2) is 23.8 Å². The summed E-state index contributed by atoms with van der Waals surface area (Å²) in [5.41, 5.74) is -0.232. The van der Waals surface area contributed by atoms with E-state index in [1.165, 1.54) is 0 Å². The average Bonchev–Trinajstić information content (AvgIpc) is 1.93. The van der Waals surface area contributed by atoms with Gasteiger partial charge in [0.15, 0.2) is 0 Å². The predicted octanol–water partition coefficient (Wildman–Crippen LogP) is 1.31. The summed E-state index contributed by atoms with van der Waals surface area (Å²) in [4.78, 5) is 0. The molecule has 2 heteroatoms. The van der Waals surface area contributed by atoms with Crippen molar-refractivity contribution in [2.45, 2.75) is 32.3 Å². The van der Waals surface area contributed by atoms with Crippen LogP contribution in [0.1, 0.15) is 26.7 Å². The molecule has 0 aromatic rings. The molecule has 0 aromatic heterocycles. The van der Waals surface area contributed by atoms with Crippen LogP contribution < -0.4 is 5.32 Å². The zero-order valence-corrected chi connectivity index (χ0v) is 8.51. The predicted molar refractivity (Wildman–Crippen MR) is 53.5 cm³/mol. The van der Waals surface area contributed by atoms with Crippen molar-refractivity contribution >= 4 is 0 Å². The molecule has 1 fully saturated rings. The van der Waals surface area contributed by atoms with Crippen molar-refractivity contribution in [1.29, 1.82) is 0 Å². The Bertz CT molecular complexity index is 230. The van der Waals surface area contributed by atoms with Gasteiger partial charge in [-0.3, -0.25) is 0 Å². The maximum atomic E-state index is 10.3. The smallest absolute Gasteiger partial charge is 0.0880 e. The summed E-state index contributed by atoms with van der Waals surface area (Å²) in [6.07, 6.45) is 6.22. The Morgan fingerprint density at radius 1 is 1.23 bits per heavy atom. The first-order chi connectivity index (χ1) is 6.02. The Hall–Kier alpha value is -0.340. The molecule has 13 heavy (non-hydrogen) atoms. The molecule has 0 bridgehead atoms. The first kappa shape index (κ1) is 9.22. The van der Waals surface area contributed by atoms with Gasteiger partial charge >= 0.3 is 0 Å². The van der Waals surface area contributed by atoms with Gasteiger partial charge in [-0.15, -0.1) is 0 Å². The minimum absolute atomic E-state index is 0.281. The molecule has 2 aliphatic rings. The summed E-state index contributed by atoms with van der Waals surface area (Å²) in [6.45, 7) is 6.40. The average molecular weight is 181 g/mol. The van der Waals surface area contributed by atoms with Crippen LogP contribution in [0, 0.1) is 11.3 Å². The van der Waals surface area contributed by atoms with Gasteiger partial charge in [-0.25, -0.2) is 0 Å². The lowest BCUT2D eigenvalue weighted by molar-refractivity contribution is -0.0167. The van der Waals surface area contributed by atoms with Crippen LogP contribution in [0.25, 0.3) is 0 Å². The molecule has 2 rings (SSSR count). The summed E-state index contributed by atoms with van der Waals surface area (Å²) in [7, 11) is 0. The van der Waals surface area contributed by atoms with Crippen molar-refractivity contribution in [1.82, 2.24) is 5.32 Å². The maximum absolute atomic E-state index is 10.3. The Balaban J connectivity index is 2.09. The lowest BCUT2D eigenvalue weighted by Gasteiger charge is -2.44. The molecule has 74 valence electrons. The second kappa shape index (κ2) is 2.82. The molecule has 0 radical (unpaired) electrons. The minimum Gasteiger partial charge on any atom is -0.385 e. The number of rotatable bonds is 1. The van der Waals surface area contributed by atoms with Crippen molar-refractivity contribution in [3.8, 4) is 0 Å². The number of hydrogen-bond donors (Lipinski definition) is 2. The highest BCUT2D eigenvalue weighted by atomic mass is 16.3. The van der Waals surface area contributed by atoms with Crippen molar-refractivity contribution in [2.75, 3.05) is 13.1 Å². The van der Waals surface area contributed by atoms with Crippen LogP contribution in [0.2, 0.25) is 0 Å². The molecule has 0 amide bonds. The molecular formula is C11H19NO. The molecule has 0 saturated carbocycles. The SMILES string of the molecule is CC1(C)C=CC(O)(C2CNC2)CC1. The summed E-state index contributed by atoms with van der Waals surface area (Å²) >= 11 is 0. The molecule has 1 aliphatic heterocycles. The topological polar surface area (TPSA) is 32.3 Å². The van der Waals surface area contributed by atoms with E-state index in [9.17, 15) is 5.11 Å². The molecular weight excluding hydrogens is 162 g/mol. The minimum atomic E-state index is -0.513. The standard InChI is InChI=1S/C11H19NO/c1-10(2)3-5-11(13,6-4-10)9-7-12-8-9/h3,5,9,12-13H,4,6-8H2,1-2H3. The third kappa shape index (κ3) is 1.65. The van der Waals surface area contributed by atoms with Gasteiger partial charge in [0.05, 0.1) is 5.60 Å². The van der Waals surface area contributed by atoms with Gasteiger partial charge in [-0.2, -0.15) is 0 Å². The second-order valence-corrected chi connectivity index (χ2v) is 5.17. The van der Waals surface area contributed by atoms with Crippen LogP contribution in [-0.2, 0) is 0 Å². The fourth-order valence-corrected chi connectivity index (χ4v) is 2.04. The van der Waals surface area contributed by atoms with E-state index in [0.29, 0.717) is 5.92 Å². The van der Waals surface area contributed by atoms with Gasteiger partial charge in [-0.05, 0) is 18.3 Å². The van der Waals surface area contributed by atoms with Crippen LogP contribution in [0.5, 0.6) is 0 Å². The van der Waals surface area contributed by atoms with Crippen LogP contribution in [0.4, 0.5) is 0 Å². The van der Waals surface area contributed by atoms with Crippen molar-refractivity contribution in [2.24, 2.45) is 11.3 Å². The van der Waals surface area contributed by atoms with Gasteiger partial charge in [0.25, 0.3) is 0 Å². The van der Waals surface area contributed by atoms with E-state index in [2.05, 4.69) is 25.2 Å². The Morgan fingerprint density at radius 3 is 2.31 bits per heavy atom. The molecule has 1 atom stereocenters. The van der Waals surface area contributed by atoms with Crippen LogP contribution in [0.3, 0.4) is 0 Å². The largest absolute Gasteiger partial charge is 0.385 e. The fraction of sp³-hybridized carbons (Fsp3) is 0.818. The highest BCUT2D eigenvalue weighted by molar-refractivity contribution is 5.15. The Labute approximate surface area is 80.0 Å². The van der Waals surface area contributed by atoms with E-state index in [-0.39, 0.29) is 5.41 Å². The van der Waals surface area contributed by atoms with E-state index in [4.69, 9.17) is 0 Å². The lowest BCUT2D eigenvalue weighted by atomic mass is 9.70. The van der Waals surface area contributed by atoms with Crippen LogP contribution >= 0.6 is 0 Å². The number of aliphatic hydroxyl groups is 1. The molecule has 1 aliphatic carbocycles. The first-order valence-corrected chi connectivity index (χ1v) is 5.15. The van der Waals surface area contributed by atoms with E-state index >= 15 is 0 Å². The van der Waals surface area contributed by atoms with E-state index in [1.54, 1.807) is 0 Å². The zero-order valence-electron chi connectivity index (χ0n) is 8.51. The molecule has 0 spiro atoms. The molecule has 1 heterocycles. The van der Waals surface area contributed by atoms with E-state index < -0.39 is 5.60 Å². The molecule has 2 nitrogen and oxygen atoms in total. The third-order valence-electron chi connectivity index (χ3n) is 3.48. The van der Waals surface area contributed by atoms with E-state index in [1.807, 2.05) is 6.08 Å². The summed E-state index contributed by atoms with van der Waals surface area (Å²) in [6, 6.07) is 0. The molecule has 1 saturated heterocycles. The number of nitrogens with one attached hydrogen (secondary N) is 1. The lowest BCUT2D eigenvalue weighted by Crippen LogP contribution is -2.56. The molecule has 2 N–H and O–H groups in total. The number of allylic oxidation sites excluding steroid dienone is 1. The van der Waals surface area contributed by atoms with E-state index in [0.717, 1.165) is 25.9 Å². The second-order valence-electron chi connectivity index (χ2n) is 5.17. The normalized spacial score (nSPS) is 38.7. The van der Waals surface area contributed by atoms with Gasteiger partial charge in [-0.1, -0.05) is 26.0 Å². The first-order valence-electron chi connectivity index (χ1n) is 5.15. The van der Waals surface area contributed by atoms with Crippen molar-refractivity contribution in [3.05, 3.63) is 12.2 Å². The summed E-state index contributed by atoms with van der Waals surface area (Å²) in [5.74, 6) is 0.444. The van der Waals surface area contributed by atoms with Gasteiger partial charge in [0.2, 0.25) is 0 Å². The van der Waals surface area contributed by atoms with Crippen molar-refractivity contribution < 1.29 is 5.11 Å². The highest BCUT2D eigenvalue weighted by Gasteiger charge is 2.41. The number of hydrogen-bond acceptors (Lipinski definition) is 2. The summed E-state index contributed by atoms with van der Waals surface area (Å²) in [5, 5.41) is 13.5. The van der Waals surface area contributed by atoms with Gasteiger partial charge in [0.1, 0.15) is 0 Å². The van der Waals surface area contributed by atoms with Gasteiger partial charge < -0.3 is 10.4 Å². The quantitative estimate of drug-likeness (QED) is 0.598. The zero-order chi connectivity index (χ0) is 9.53. The third-order valence-corrected chi connectivity index (χ3v) is 3.48. The Morgan fingerprint density at radius 2 is 1.92 bits per heavy atom. The van der Waals surface area contributed by atoms with Crippen molar-refractivity contribution in [3.63, 3.8) is 0 Å². The summed E-state index contributed by atoms with van der Waals surface area (Å²) < 4.78 is 0. The highest BCUT2D eigenvalue weighted by Crippen LogP contribution is 2.38. The molecule has 1 unspecified atom stereocenters. The fourth-order valence-electron chi connectivity index (χ4n) is 2.04.